The van der Waals surface area contributed by atoms with E-state index in [-0.39, 0.29) is 6.61 Å². The molecule has 0 atom stereocenters. The zero-order valence-electron chi connectivity index (χ0n) is 14.1. The summed E-state index contributed by atoms with van der Waals surface area (Å²) in [6, 6.07) is 8.43. The highest BCUT2D eigenvalue weighted by Crippen LogP contribution is 2.18. The Morgan fingerprint density at radius 1 is 1.21 bits per heavy atom. The number of ether oxygens (including phenoxy) is 1. The highest BCUT2D eigenvalue weighted by Gasteiger charge is 2.11. The van der Waals surface area contributed by atoms with Crippen molar-refractivity contribution in [3.8, 4) is 5.75 Å². The molecule has 0 saturated carbocycles. The van der Waals surface area contributed by atoms with Gasteiger partial charge in [0.1, 0.15) is 18.2 Å². The minimum absolute atomic E-state index is 0.0934. The van der Waals surface area contributed by atoms with E-state index in [1.807, 2.05) is 6.07 Å². The Bertz CT molecular complexity index is 623. The molecule has 0 unspecified atom stereocenters. The number of benzene rings is 1. The zero-order chi connectivity index (χ0) is 16.6. The molecule has 2 aromatic rings. The monoisotopic (exact) mass is 330 g/mol. The third kappa shape index (κ3) is 5.04. The molecule has 1 saturated heterocycles. The summed E-state index contributed by atoms with van der Waals surface area (Å²) in [5.74, 6) is 2.23. The molecule has 1 aromatic heterocycles. The molecule has 6 nitrogen and oxygen atoms in total. The number of H-pyrrole nitrogens is 1. The Kier molecular flexibility index (Phi) is 6.20. The summed E-state index contributed by atoms with van der Waals surface area (Å²) in [7, 11) is 0. The lowest BCUT2D eigenvalue weighted by Crippen LogP contribution is -2.18. The van der Waals surface area contributed by atoms with Gasteiger partial charge in [0.05, 0.1) is 6.61 Å². The van der Waals surface area contributed by atoms with Gasteiger partial charge in [0.15, 0.2) is 5.82 Å². The van der Waals surface area contributed by atoms with Crippen molar-refractivity contribution >= 4 is 0 Å². The number of nitrogens with one attached hydrogen (secondary N) is 1. The molecule has 1 fully saturated rings. The van der Waals surface area contributed by atoms with Crippen molar-refractivity contribution in [2.45, 2.75) is 45.3 Å². The Balaban J connectivity index is 1.36. The lowest BCUT2D eigenvalue weighted by molar-refractivity contribution is 0.271. The summed E-state index contributed by atoms with van der Waals surface area (Å²) in [6.07, 6.45) is 5.37. The van der Waals surface area contributed by atoms with Crippen LogP contribution in [0.1, 0.15) is 42.9 Å². The number of nitrogens with zero attached hydrogens (tertiary/aromatic N) is 3. The van der Waals surface area contributed by atoms with Gasteiger partial charge in [0, 0.05) is 13.0 Å². The number of hydrogen-bond acceptors (Lipinski definition) is 5. The quantitative estimate of drug-likeness (QED) is 0.690. The third-order valence-electron chi connectivity index (χ3n) is 4.29. The van der Waals surface area contributed by atoms with E-state index in [2.05, 4.69) is 38.3 Å². The molecule has 2 heterocycles. The number of aryl methyl sites for hydroxylation is 1. The van der Waals surface area contributed by atoms with E-state index in [4.69, 9.17) is 9.84 Å². The van der Waals surface area contributed by atoms with Crippen LogP contribution in [0.5, 0.6) is 5.75 Å². The van der Waals surface area contributed by atoms with Crippen molar-refractivity contribution in [2.75, 3.05) is 19.7 Å². The van der Waals surface area contributed by atoms with Gasteiger partial charge < -0.3 is 9.84 Å². The molecular formula is C18H26N4O2. The van der Waals surface area contributed by atoms with Crippen LogP contribution in [0.4, 0.5) is 0 Å². The fourth-order valence-electron chi connectivity index (χ4n) is 3.03. The fraction of sp³-hybridized carbons (Fsp3) is 0.556. The number of likely N-dealkylation sites (tertiary alicyclic amines) is 1. The largest absolute Gasteiger partial charge is 0.494 e. The lowest BCUT2D eigenvalue weighted by atomic mass is 10.2. The van der Waals surface area contributed by atoms with Crippen LogP contribution in [0.25, 0.3) is 0 Å². The average molecular weight is 330 g/mol. The Labute approximate surface area is 142 Å². The van der Waals surface area contributed by atoms with Crippen molar-refractivity contribution in [1.29, 1.82) is 0 Å². The second kappa shape index (κ2) is 8.80. The molecule has 0 aliphatic carbocycles. The van der Waals surface area contributed by atoms with Gasteiger partial charge in [0.2, 0.25) is 0 Å². The predicted octanol–water partition coefficient (Wildman–Crippen LogP) is 2.29. The summed E-state index contributed by atoms with van der Waals surface area (Å²) < 4.78 is 5.87. The smallest absolute Gasteiger partial charge is 0.150 e. The van der Waals surface area contributed by atoms with Crippen LogP contribution in [0.15, 0.2) is 24.3 Å². The van der Waals surface area contributed by atoms with Gasteiger partial charge in [-0.25, -0.2) is 4.98 Å². The van der Waals surface area contributed by atoms with E-state index in [0.717, 1.165) is 37.4 Å². The van der Waals surface area contributed by atoms with Gasteiger partial charge in [-0.05, 0) is 56.5 Å². The maximum atomic E-state index is 8.94. The molecule has 3 rings (SSSR count). The van der Waals surface area contributed by atoms with Crippen molar-refractivity contribution in [2.24, 2.45) is 0 Å². The Hall–Kier alpha value is -1.92. The maximum absolute atomic E-state index is 8.94. The van der Waals surface area contributed by atoms with E-state index in [9.17, 15) is 0 Å². The zero-order valence-corrected chi connectivity index (χ0v) is 14.1. The number of aromatic nitrogens is 3. The average Bonchev–Trinajstić information content (AvgIpc) is 3.26. The minimum atomic E-state index is -0.0934. The van der Waals surface area contributed by atoms with Gasteiger partial charge in [-0.3, -0.25) is 10.00 Å². The van der Waals surface area contributed by atoms with Crippen LogP contribution in [0.3, 0.4) is 0 Å². The van der Waals surface area contributed by atoms with E-state index in [1.165, 1.54) is 31.5 Å². The fourth-order valence-corrected chi connectivity index (χ4v) is 3.03. The summed E-state index contributed by atoms with van der Waals surface area (Å²) in [5.41, 5.74) is 1.33. The van der Waals surface area contributed by atoms with Crippen LogP contribution in [-0.4, -0.2) is 44.9 Å². The summed E-state index contributed by atoms with van der Waals surface area (Å²) in [6.45, 7) is 4.05. The van der Waals surface area contributed by atoms with Crippen LogP contribution in [-0.2, 0) is 19.6 Å². The van der Waals surface area contributed by atoms with E-state index >= 15 is 0 Å². The molecule has 1 aromatic carbocycles. The molecule has 0 radical (unpaired) electrons. The van der Waals surface area contributed by atoms with E-state index < -0.39 is 0 Å². The van der Waals surface area contributed by atoms with Crippen LogP contribution in [0, 0.1) is 0 Å². The molecule has 1 aliphatic rings. The molecule has 1 aliphatic heterocycles. The summed E-state index contributed by atoms with van der Waals surface area (Å²) in [4.78, 5) is 6.68. The predicted molar refractivity (Wildman–Crippen MR) is 91.7 cm³/mol. The first-order valence-electron chi connectivity index (χ1n) is 8.78. The minimum Gasteiger partial charge on any atom is -0.494 e. The highest BCUT2D eigenvalue weighted by atomic mass is 16.5. The number of hydrogen-bond donors (Lipinski definition) is 2. The second-order valence-corrected chi connectivity index (χ2v) is 6.29. The summed E-state index contributed by atoms with van der Waals surface area (Å²) in [5, 5.41) is 15.7. The molecule has 2 N–H and O–H groups in total. The van der Waals surface area contributed by atoms with Gasteiger partial charge in [-0.15, -0.1) is 0 Å². The van der Waals surface area contributed by atoms with E-state index in [1.54, 1.807) is 0 Å². The number of aliphatic hydroxyl groups is 1. The number of rotatable bonds is 9. The Morgan fingerprint density at radius 3 is 2.88 bits per heavy atom. The van der Waals surface area contributed by atoms with Crippen LogP contribution >= 0.6 is 0 Å². The van der Waals surface area contributed by atoms with Crippen molar-refractivity contribution in [1.82, 2.24) is 20.1 Å². The van der Waals surface area contributed by atoms with Crippen molar-refractivity contribution in [3.63, 3.8) is 0 Å². The third-order valence-corrected chi connectivity index (χ3v) is 4.29. The van der Waals surface area contributed by atoms with Crippen LogP contribution in [0.2, 0.25) is 0 Å². The number of aromatic amines is 1. The van der Waals surface area contributed by atoms with Crippen LogP contribution < -0.4 is 4.74 Å². The molecule has 0 bridgehead atoms. The first kappa shape index (κ1) is 16.9. The van der Waals surface area contributed by atoms with Gasteiger partial charge in [-0.2, -0.15) is 5.10 Å². The number of unbranched alkanes of at least 4 members (excludes halogenated alkanes) is 1. The summed E-state index contributed by atoms with van der Waals surface area (Å²) >= 11 is 0. The van der Waals surface area contributed by atoms with Crippen molar-refractivity contribution < 1.29 is 9.84 Å². The molecule has 24 heavy (non-hydrogen) atoms. The molecule has 130 valence electrons. The standard InChI is InChI=1S/C18H26N4O2/c23-14-18-19-17(20-21-18)8-1-4-11-24-16-7-5-6-15(12-16)13-22-9-2-3-10-22/h5-7,12,23H,1-4,8-11,13-14H2,(H,19,20,21). The van der Waals surface area contributed by atoms with Crippen molar-refractivity contribution in [3.05, 3.63) is 41.5 Å². The highest BCUT2D eigenvalue weighted by molar-refractivity contribution is 5.28. The SMILES string of the molecule is OCc1nc(CCCCOc2cccc(CN3CCCC3)c2)n[nH]1. The topological polar surface area (TPSA) is 74.3 Å². The normalized spacial score (nSPS) is 15.0. The second-order valence-electron chi connectivity index (χ2n) is 6.29. The maximum Gasteiger partial charge on any atom is 0.150 e. The number of aliphatic hydroxyl groups excluding tert-OH is 1. The first-order chi connectivity index (χ1) is 11.8. The lowest BCUT2D eigenvalue weighted by Gasteiger charge is -2.15. The van der Waals surface area contributed by atoms with Gasteiger partial charge in [-0.1, -0.05) is 12.1 Å². The van der Waals surface area contributed by atoms with Gasteiger partial charge >= 0.3 is 0 Å². The molecular weight excluding hydrogens is 304 g/mol. The van der Waals surface area contributed by atoms with E-state index in [0.29, 0.717) is 12.4 Å². The molecule has 0 spiro atoms. The first-order valence-corrected chi connectivity index (χ1v) is 8.78. The molecule has 6 heteroatoms. The Morgan fingerprint density at radius 2 is 2.08 bits per heavy atom. The van der Waals surface area contributed by atoms with Gasteiger partial charge in [0.25, 0.3) is 0 Å². The molecule has 0 amide bonds.